The van der Waals surface area contributed by atoms with Crippen LogP contribution in [-0.2, 0) is 16.0 Å². The van der Waals surface area contributed by atoms with E-state index >= 15 is 0 Å². The molecule has 8 nitrogen and oxygen atoms in total. The predicted molar refractivity (Wildman–Crippen MR) is 143 cm³/mol. The lowest BCUT2D eigenvalue weighted by atomic mass is 9.91. The predicted octanol–water partition coefficient (Wildman–Crippen LogP) is 4.52. The molecule has 0 N–H and O–H groups in total. The van der Waals surface area contributed by atoms with E-state index < -0.39 is 5.60 Å². The number of likely N-dealkylation sites (N-methyl/N-ethyl adjacent to an activating group) is 1. The number of amides is 2. The van der Waals surface area contributed by atoms with E-state index in [1.54, 1.807) is 15.9 Å². The molecule has 1 spiro atoms. The molecule has 0 saturated carbocycles. The van der Waals surface area contributed by atoms with E-state index in [-0.39, 0.29) is 30.7 Å². The summed E-state index contributed by atoms with van der Waals surface area (Å²) >= 11 is 0. The lowest BCUT2D eigenvalue weighted by Crippen LogP contribution is -2.62. The number of fused-ring (bicyclic) bond motifs is 1. The first-order chi connectivity index (χ1) is 18.5. The van der Waals surface area contributed by atoms with Crippen LogP contribution >= 0.6 is 0 Å². The number of ether oxygens (including phenoxy) is 2. The van der Waals surface area contributed by atoms with Gasteiger partial charge in [-0.15, -0.1) is 0 Å². The zero-order chi connectivity index (χ0) is 26.5. The van der Waals surface area contributed by atoms with Gasteiger partial charge in [0.15, 0.2) is 17.1 Å². The van der Waals surface area contributed by atoms with E-state index in [9.17, 15) is 9.59 Å². The van der Waals surface area contributed by atoms with Crippen molar-refractivity contribution in [2.24, 2.45) is 0 Å². The normalized spacial score (nSPS) is 20.8. The molecule has 1 aromatic heterocycles. The van der Waals surface area contributed by atoms with Crippen molar-refractivity contribution in [3.8, 4) is 17.1 Å². The zero-order valence-electron chi connectivity index (χ0n) is 22.2. The highest BCUT2D eigenvalue weighted by molar-refractivity contribution is 5.94. The summed E-state index contributed by atoms with van der Waals surface area (Å²) in [6.45, 7) is 6.22. The second-order valence-electron chi connectivity index (χ2n) is 10.1. The Morgan fingerprint density at radius 3 is 2.68 bits per heavy atom. The minimum absolute atomic E-state index is 0.0875. The Kier molecular flexibility index (Phi) is 7.79. The van der Waals surface area contributed by atoms with E-state index in [1.807, 2.05) is 56.3 Å². The Labute approximate surface area is 223 Å². The van der Waals surface area contributed by atoms with E-state index in [0.717, 1.165) is 36.1 Å². The highest BCUT2D eigenvalue weighted by Gasteiger charge is 2.46. The molecule has 2 aliphatic heterocycles. The SMILES string of the molecule is CCN1CCOc2ccccc2CCCCC2(CN(C(=O)c3cc(-c4ccc(C)cc4)on3)CCO2)C1=O. The number of nitrogens with zero attached hydrogens (tertiary/aromatic N) is 3. The Morgan fingerprint density at radius 1 is 1.05 bits per heavy atom. The van der Waals surface area contributed by atoms with Gasteiger partial charge in [0.25, 0.3) is 11.8 Å². The molecule has 1 saturated heterocycles. The summed E-state index contributed by atoms with van der Waals surface area (Å²) in [6.07, 6.45) is 3.09. The van der Waals surface area contributed by atoms with Gasteiger partial charge in [0.05, 0.1) is 19.7 Å². The van der Waals surface area contributed by atoms with Crippen LogP contribution in [0.5, 0.6) is 5.75 Å². The molecule has 1 atom stereocenters. The molecule has 3 aromatic rings. The maximum Gasteiger partial charge on any atom is 0.276 e. The van der Waals surface area contributed by atoms with Crippen molar-refractivity contribution in [2.45, 2.75) is 45.1 Å². The Hall–Kier alpha value is -3.65. The maximum absolute atomic E-state index is 13.9. The molecule has 2 aromatic carbocycles. The molecule has 3 heterocycles. The van der Waals surface area contributed by atoms with Crippen LogP contribution in [0.4, 0.5) is 0 Å². The molecule has 2 amide bonds. The second-order valence-corrected chi connectivity index (χ2v) is 10.1. The number of aryl methyl sites for hydroxylation is 2. The van der Waals surface area contributed by atoms with Crippen LogP contribution in [-0.4, -0.2) is 71.8 Å². The van der Waals surface area contributed by atoms with Gasteiger partial charge in [-0.25, -0.2) is 0 Å². The molecule has 5 rings (SSSR count). The molecule has 0 bridgehead atoms. The van der Waals surface area contributed by atoms with Crippen LogP contribution in [0.3, 0.4) is 0 Å². The van der Waals surface area contributed by atoms with Gasteiger partial charge in [0.1, 0.15) is 12.4 Å². The van der Waals surface area contributed by atoms with Crippen molar-refractivity contribution in [3.63, 3.8) is 0 Å². The van der Waals surface area contributed by atoms with E-state index in [4.69, 9.17) is 14.0 Å². The van der Waals surface area contributed by atoms with Gasteiger partial charge in [-0.05, 0) is 51.2 Å². The van der Waals surface area contributed by atoms with Crippen LogP contribution in [0, 0.1) is 6.92 Å². The standard InChI is InChI=1S/C30H35N3O5/c1-3-32-16-18-36-26-10-5-4-8-23(26)9-6-7-15-30(29(32)35)21-33(17-19-37-30)28(34)25-20-27(38-31-25)24-13-11-22(2)12-14-24/h4-5,8,10-14,20H,3,6-7,9,15-19,21H2,1-2H3. The number of rotatable bonds is 3. The number of carbonyl (C=O) groups excluding carboxylic acids is 2. The number of hydrogen-bond donors (Lipinski definition) is 0. The van der Waals surface area contributed by atoms with Gasteiger partial charge in [-0.3, -0.25) is 9.59 Å². The first-order valence-corrected chi connectivity index (χ1v) is 13.5. The van der Waals surface area contributed by atoms with Crippen molar-refractivity contribution in [2.75, 3.05) is 39.4 Å². The summed E-state index contributed by atoms with van der Waals surface area (Å²) in [7, 11) is 0. The molecular weight excluding hydrogens is 482 g/mol. The quantitative estimate of drug-likeness (QED) is 0.508. The first kappa shape index (κ1) is 26.0. The Bertz CT molecular complexity index is 1270. The lowest BCUT2D eigenvalue weighted by molar-refractivity contribution is -0.170. The Balaban J connectivity index is 1.35. The lowest BCUT2D eigenvalue weighted by Gasteiger charge is -2.43. The minimum Gasteiger partial charge on any atom is -0.491 e. The third-order valence-electron chi connectivity index (χ3n) is 7.47. The van der Waals surface area contributed by atoms with Crippen LogP contribution in [0.2, 0.25) is 0 Å². The minimum atomic E-state index is -1.09. The molecule has 200 valence electrons. The van der Waals surface area contributed by atoms with Crippen molar-refractivity contribution in [1.29, 1.82) is 0 Å². The van der Waals surface area contributed by atoms with E-state index in [2.05, 4.69) is 11.2 Å². The van der Waals surface area contributed by atoms with E-state index in [1.165, 1.54) is 5.56 Å². The molecule has 0 radical (unpaired) electrons. The van der Waals surface area contributed by atoms with Crippen molar-refractivity contribution in [1.82, 2.24) is 15.0 Å². The monoisotopic (exact) mass is 517 g/mol. The van der Waals surface area contributed by atoms with Crippen LogP contribution in [0.25, 0.3) is 11.3 Å². The average molecular weight is 518 g/mol. The van der Waals surface area contributed by atoms with E-state index in [0.29, 0.717) is 38.4 Å². The van der Waals surface area contributed by atoms with Gasteiger partial charge in [0.2, 0.25) is 0 Å². The molecule has 2 aliphatic rings. The molecular formula is C30H35N3O5. The molecule has 0 aliphatic carbocycles. The molecule has 1 unspecified atom stereocenters. The maximum atomic E-state index is 13.9. The topological polar surface area (TPSA) is 85.1 Å². The Morgan fingerprint density at radius 2 is 1.87 bits per heavy atom. The van der Waals surface area contributed by atoms with Gasteiger partial charge in [-0.1, -0.05) is 53.2 Å². The van der Waals surface area contributed by atoms with Crippen molar-refractivity contribution >= 4 is 11.8 Å². The highest BCUT2D eigenvalue weighted by Crippen LogP contribution is 2.30. The van der Waals surface area contributed by atoms with Gasteiger partial charge >= 0.3 is 0 Å². The summed E-state index contributed by atoms with van der Waals surface area (Å²) in [6, 6.07) is 17.6. The zero-order valence-corrected chi connectivity index (χ0v) is 22.2. The average Bonchev–Trinajstić information content (AvgIpc) is 3.44. The van der Waals surface area contributed by atoms with Crippen molar-refractivity contribution < 1.29 is 23.6 Å². The fourth-order valence-electron chi connectivity index (χ4n) is 5.27. The number of aromatic nitrogens is 1. The largest absolute Gasteiger partial charge is 0.491 e. The number of para-hydroxylation sites is 1. The summed E-state index contributed by atoms with van der Waals surface area (Å²) in [5, 5.41) is 4.06. The second kappa shape index (κ2) is 11.4. The molecule has 38 heavy (non-hydrogen) atoms. The van der Waals surface area contributed by atoms with Crippen LogP contribution < -0.4 is 4.74 Å². The smallest absolute Gasteiger partial charge is 0.276 e. The number of carbonyl (C=O) groups is 2. The number of morpholine rings is 1. The third-order valence-corrected chi connectivity index (χ3v) is 7.47. The van der Waals surface area contributed by atoms with Gasteiger partial charge in [-0.2, -0.15) is 0 Å². The summed E-state index contributed by atoms with van der Waals surface area (Å²) in [4.78, 5) is 30.9. The summed E-state index contributed by atoms with van der Waals surface area (Å²) in [5.41, 5.74) is 2.31. The fraction of sp³-hybridized carbons (Fsp3) is 0.433. The third kappa shape index (κ3) is 5.45. The fourth-order valence-corrected chi connectivity index (χ4v) is 5.27. The first-order valence-electron chi connectivity index (χ1n) is 13.5. The number of hydrogen-bond acceptors (Lipinski definition) is 6. The number of benzene rings is 2. The summed E-state index contributed by atoms with van der Waals surface area (Å²) in [5.74, 6) is 1.08. The highest BCUT2D eigenvalue weighted by atomic mass is 16.5. The van der Waals surface area contributed by atoms with Crippen molar-refractivity contribution in [3.05, 3.63) is 71.4 Å². The van der Waals surface area contributed by atoms with Crippen LogP contribution in [0.1, 0.15) is 47.8 Å². The van der Waals surface area contributed by atoms with Crippen LogP contribution in [0.15, 0.2) is 59.1 Å². The molecule has 1 fully saturated rings. The van der Waals surface area contributed by atoms with Gasteiger partial charge in [0, 0.05) is 24.7 Å². The van der Waals surface area contributed by atoms with Gasteiger partial charge < -0.3 is 23.8 Å². The molecule has 8 heteroatoms. The summed E-state index contributed by atoms with van der Waals surface area (Å²) < 4.78 is 17.8.